The summed E-state index contributed by atoms with van der Waals surface area (Å²) >= 11 is 0. The SMILES string of the molecule is CCn1c(C2(C)CCCC2N)nc2ccc(F)cc21. The molecule has 2 aromatic rings. The third-order valence-corrected chi connectivity index (χ3v) is 4.57. The van der Waals surface area contributed by atoms with Crippen molar-refractivity contribution in [2.45, 2.75) is 51.1 Å². The van der Waals surface area contributed by atoms with Crippen LogP contribution < -0.4 is 5.73 Å². The Hall–Kier alpha value is -1.42. The Balaban J connectivity index is 2.23. The number of halogens is 1. The highest BCUT2D eigenvalue weighted by atomic mass is 19.1. The van der Waals surface area contributed by atoms with Gasteiger partial charge in [-0.25, -0.2) is 9.37 Å². The van der Waals surface area contributed by atoms with E-state index in [1.165, 1.54) is 6.07 Å². The molecule has 0 radical (unpaired) electrons. The Morgan fingerprint density at radius 3 is 2.95 bits per heavy atom. The predicted molar refractivity (Wildman–Crippen MR) is 74.5 cm³/mol. The van der Waals surface area contributed by atoms with E-state index in [2.05, 4.69) is 18.4 Å². The van der Waals surface area contributed by atoms with Crippen LogP contribution in [0.4, 0.5) is 4.39 Å². The van der Waals surface area contributed by atoms with Gasteiger partial charge in [0.25, 0.3) is 0 Å². The second kappa shape index (κ2) is 4.30. The fourth-order valence-corrected chi connectivity index (χ4v) is 3.32. The normalized spacial score (nSPS) is 27.3. The molecule has 0 amide bonds. The largest absolute Gasteiger partial charge is 0.328 e. The number of aromatic nitrogens is 2. The van der Waals surface area contributed by atoms with E-state index in [9.17, 15) is 4.39 Å². The minimum Gasteiger partial charge on any atom is -0.328 e. The number of hydrogen-bond acceptors (Lipinski definition) is 2. The van der Waals surface area contributed by atoms with Crippen LogP contribution >= 0.6 is 0 Å². The number of hydrogen-bond donors (Lipinski definition) is 1. The Bertz CT molecular complexity index is 619. The molecule has 4 heteroatoms. The third kappa shape index (κ3) is 1.77. The van der Waals surface area contributed by atoms with E-state index >= 15 is 0 Å². The zero-order chi connectivity index (χ0) is 13.6. The molecule has 1 aliphatic carbocycles. The number of imidazole rings is 1. The molecule has 3 rings (SSSR count). The van der Waals surface area contributed by atoms with Crippen LogP contribution in [-0.4, -0.2) is 15.6 Å². The first-order valence-electron chi connectivity index (χ1n) is 6.98. The van der Waals surface area contributed by atoms with Crippen LogP contribution in [0, 0.1) is 5.82 Å². The summed E-state index contributed by atoms with van der Waals surface area (Å²) < 4.78 is 15.6. The molecule has 0 aliphatic heterocycles. The van der Waals surface area contributed by atoms with Crippen LogP contribution in [-0.2, 0) is 12.0 Å². The highest BCUT2D eigenvalue weighted by Gasteiger charge is 2.41. The summed E-state index contributed by atoms with van der Waals surface area (Å²) in [6, 6.07) is 4.93. The van der Waals surface area contributed by atoms with Crippen LogP contribution in [0.3, 0.4) is 0 Å². The van der Waals surface area contributed by atoms with Gasteiger partial charge in [-0.3, -0.25) is 0 Å². The molecule has 2 N–H and O–H groups in total. The molecule has 0 spiro atoms. The minimum absolute atomic E-state index is 0.0918. The van der Waals surface area contributed by atoms with Gasteiger partial charge in [0.1, 0.15) is 11.6 Å². The van der Waals surface area contributed by atoms with Gasteiger partial charge in [-0.2, -0.15) is 0 Å². The molecule has 1 fully saturated rings. The van der Waals surface area contributed by atoms with E-state index in [0.29, 0.717) is 0 Å². The predicted octanol–water partition coefficient (Wildman–Crippen LogP) is 2.96. The van der Waals surface area contributed by atoms with Gasteiger partial charge in [0, 0.05) is 18.0 Å². The number of fused-ring (bicyclic) bond motifs is 1. The number of rotatable bonds is 2. The van der Waals surface area contributed by atoms with Crippen molar-refractivity contribution in [3.63, 3.8) is 0 Å². The van der Waals surface area contributed by atoms with Crippen molar-refractivity contribution in [3.8, 4) is 0 Å². The Morgan fingerprint density at radius 1 is 1.53 bits per heavy atom. The number of aryl methyl sites for hydroxylation is 1. The van der Waals surface area contributed by atoms with Gasteiger partial charge >= 0.3 is 0 Å². The topological polar surface area (TPSA) is 43.8 Å². The minimum atomic E-state index is -0.213. The van der Waals surface area contributed by atoms with Crippen molar-refractivity contribution in [3.05, 3.63) is 29.8 Å². The molecule has 1 saturated carbocycles. The van der Waals surface area contributed by atoms with Gasteiger partial charge in [-0.15, -0.1) is 0 Å². The molecule has 1 aromatic carbocycles. The van der Waals surface area contributed by atoms with E-state index in [0.717, 1.165) is 42.7 Å². The Labute approximate surface area is 112 Å². The van der Waals surface area contributed by atoms with Crippen molar-refractivity contribution in [1.82, 2.24) is 9.55 Å². The van der Waals surface area contributed by atoms with Gasteiger partial charge in [-0.1, -0.05) is 13.3 Å². The van der Waals surface area contributed by atoms with E-state index in [1.807, 2.05) is 0 Å². The summed E-state index contributed by atoms with van der Waals surface area (Å²) in [7, 11) is 0. The lowest BCUT2D eigenvalue weighted by atomic mass is 9.84. The van der Waals surface area contributed by atoms with E-state index in [4.69, 9.17) is 10.7 Å². The quantitative estimate of drug-likeness (QED) is 0.903. The van der Waals surface area contributed by atoms with Crippen LogP contribution in [0.15, 0.2) is 18.2 Å². The highest BCUT2D eigenvalue weighted by Crippen LogP contribution is 2.40. The molecule has 102 valence electrons. The molecule has 0 bridgehead atoms. The van der Waals surface area contributed by atoms with Gasteiger partial charge in [-0.05, 0) is 38.0 Å². The molecular weight excluding hydrogens is 241 g/mol. The maximum atomic E-state index is 13.4. The van der Waals surface area contributed by atoms with Crippen molar-refractivity contribution < 1.29 is 4.39 Å². The van der Waals surface area contributed by atoms with Crippen LogP contribution in [0.25, 0.3) is 11.0 Å². The van der Waals surface area contributed by atoms with Crippen LogP contribution in [0.1, 0.15) is 38.9 Å². The van der Waals surface area contributed by atoms with E-state index < -0.39 is 0 Å². The maximum Gasteiger partial charge on any atom is 0.125 e. The molecule has 2 unspecified atom stereocenters. The standard InChI is InChI=1S/C15H20FN3/c1-3-19-12-9-10(16)6-7-11(12)18-14(19)15(2)8-4-5-13(15)17/h6-7,9,13H,3-5,8,17H2,1-2H3. The lowest BCUT2D eigenvalue weighted by Gasteiger charge is -2.29. The number of nitrogens with two attached hydrogens (primary N) is 1. The van der Waals surface area contributed by atoms with Crippen molar-refractivity contribution >= 4 is 11.0 Å². The fraction of sp³-hybridized carbons (Fsp3) is 0.533. The molecular formula is C15H20FN3. The lowest BCUT2D eigenvalue weighted by Crippen LogP contribution is -2.40. The molecule has 0 saturated heterocycles. The lowest BCUT2D eigenvalue weighted by molar-refractivity contribution is 0.389. The molecule has 2 atom stereocenters. The summed E-state index contributed by atoms with van der Waals surface area (Å²) in [5.41, 5.74) is 7.93. The van der Waals surface area contributed by atoms with Gasteiger partial charge in [0.15, 0.2) is 0 Å². The molecule has 1 aromatic heterocycles. The number of benzene rings is 1. The highest BCUT2D eigenvalue weighted by molar-refractivity contribution is 5.76. The first-order valence-corrected chi connectivity index (χ1v) is 6.98. The smallest absolute Gasteiger partial charge is 0.125 e. The number of nitrogens with zero attached hydrogens (tertiary/aromatic N) is 2. The zero-order valence-corrected chi connectivity index (χ0v) is 11.5. The monoisotopic (exact) mass is 261 g/mol. The molecule has 3 nitrogen and oxygen atoms in total. The van der Waals surface area contributed by atoms with Crippen molar-refractivity contribution in [1.29, 1.82) is 0 Å². The third-order valence-electron chi connectivity index (χ3n) is 4.57. The summed E-state index contributed by atoms with van der Waals surface area (Å²) in [6.07, 6.45) is 3.23. The second-order valence-corrected chi connectivity index (χ2v) is 5.73. The molecule has 19 heavy (non-hydrogen) atoms. The van der Waals surface area contributed by atoms with Gasteiger partial charge in [0.05, 0.1) is 11.0 Å². The maximum absolute atomic E-state index is 13.4. The summed E-state index contributed by atoms with van der Waals surface area (Å²) in [5, 5.41) is 0. The average Bonchev–Trinajstić information content (AvgIpc) is 2.91. The van der Waals surface area contributed by atoms with Crippen LogP contribution in [0.2, 0.25) is 0 Å². The van der Waals surface area contributed by atoms with Crippen molar-refractivity contribution in [2.75, 3.05) is 0 Å². The van der Waals surface area contributed by atoms with Gasteiger partial charge in [0.2, 0.25) is 0 Å². The summed E-state index contributed by atoms with van der Waals surface area (Å²) in [6.45, 7) is 5.05. The molecule has 1 aliphatic rings. The first-order chi connectivity index (χ1) is 9.06. The van der Waals surface area contributed by atoms with E-state index in [1.54, 1.807) is 12.1 Å². The molecule has 1 heterocycles. The summed E-state index contributed by atoms with van der Waals surface area (Å²) in [4.78, 5) is 4.75. The van der Waals surface area contributed by atoms with Crippen LogP contribution in [0.5, 0.6) is 0 Å². The summed E-state index contributed by atoms with van der Waals surface area (Å²) in [5.74, 6) is 0.801. The Kier molecular flexibility index (Phi) is 2.86. The van der Waals surface area contributed by atoms with Gasteiger partial charge < -0.3 is 10.3 Å². The fourth-order valence-electron chi connectivity index (χ4n) is 3.32. The Morgan fingerprint density at radius 2 is 2.32 bits per heavy atom. The van der Waals surface area contributed by atoms with E-state index in [-0.39, 0.29) is 17.3 Å². The first kappa shape index (κ1) is 12.6. The second-order valence-electron chi connectivity index (χ2n) is 5.73. The average molecular weight is 261 g/mol. The van der Waals surface area contributed by atoms with Crippen molar-refractivity contribution in [2.24, 2.45) is 5.73 Å². The zero-order valence-electron chi connectivity index (χ0n) is 11.5.